The lowest BCUT2D eigenvalue weighted by molar-refractivity contribution is -0.142. The average Bonchev–Trinajstić information content (AvgIpc) is 3.05. The summed E-state index contributed by atoms with van der Waals surface area (Å²) in [4.78, 5) is 37.5. The van der Waals surface area contributed by atoms with E-state index in [1.54, 1.807) is 25.9 Å². The van der Waals surface area contributed by atoms with Crippen molar-refractivity contribution in [3.63, 3.8) is 0 Å². The van der Waals surface area contributed by atoms with E-state index in [0.29, 0.717) is 0 Å². The van der Waals surface area contributed by atoms with Crippen LogP contribution in [0.2, 0.25) is 0 Å². The predicted molar refractivity (Wildman–Crippen MR) is 120 cm³/mol. The summed E-state index contributed by atoms with van der Waals surface area (Å²) in [6.45, 7) is 2.03. The van der Waals surface area contributed by atoms with E-state index in [4.69, 9.17) is 4.74 Å². The molecule has 3 rings (SSSR count). The number of hydrogen-bond acceptors (Lipinski definition) is 5. The van der Waals surface area contributed by atoms with Crippen molar-refractivity contribution in [2.45, 2.75) is 31.3 Å². The molecule has 0 spiro atoms. The number of alkyl carbamates (subject to hydrolysis) is 1. The first-order valence-electron chi connectivity index (χ1n) is 10.5. The molecule has 0 heterocycles. The van der Waals surface area contributed by atoms with Crippen LogP contribution in [0.4, 0.5) is 4.79 Å². The largest absolute Gasteiger partial charge is 0.480 e. The predicted octanol–water partition coefficient (Wildman–Crippen LogP) is 2.43. The summed E-state index contributed by atoms with van der Waals surface area (Å²) in [5.41, 5.74) is 4.53. The Morgan fingerprint density at radius 3 is 2.09 bits per heavy atom. The number of amides is 2. The van der Waals surface area contributed by atoms with Crippen LogP contribution in [-0.2, 0) is 14.3 Å². The van der Waals surface area contributed by atoms with Crippen molar-refractivity contribution < 1.29 is 24.2 Å². The summed E-state index contributed by atoms with van der Waals surface area (Å²) < 4.78 is 5.48. The van der Waals surface area contributed by atoms with Gasteiger partial charge in [-0.3, -0.25) is 4.79 Å². The minimum Gasteiger partial charge on any atom is -0.480 e. The van der Waals surface area contributed by atoms with Crippen LogP contribution in [0.25, 0.3) is 11.1 Å². The lowest BCUT2D eigenvalue weighted by Gasteiger charge is -2.20. The Morgan fingerprint density at radius 2 is 1.56 bits per heavy atom. The smallest absolute Gasteiger partial charge is 0.407 e. The van der Waals surface area contributed by atoms with E-state index in [2.05, 4.69) is 22.8 Å². The van der Waals surface area contributed by atoms with Crippen molar-refractivity contribution in [1.29, 1.82) is 0 Å². The van der Waals surface area contributed by atoms with Gasteiger partial charge in [0.25, 0.3) is 0 Å². The number of likely N-dealkylation sites (N-methyl/N-ethyl adjacent to an activating group) is 1. The molecule has 170 valence electrons. The van der Waals surface area contributed by atoms with E-state index >= 15 is 0 Å². The lowest BCUT2D eigenvalue weighted by Crippen LogP contribution is -2.48. The highest BCUT2D eigenvalue weighted by atomic mass is 16.5. The van der Waals surface area contributed by atoms with Crippen LogP contribution in [0, 0.1) is 0 Å². The average molecular weight is 440 g/mol. The van der Waals surface area contributed by atoms with Gasteiger partial charge in [-0.2, -0.15) is 0 Å². The topological polar surface area (TPSA) is 108 Å². The van der Waals surface area contributed by atoms with Crippen molar-refractivity contribution in [1.82, 2.24) is 15.5 Å². The van der Waals surface area contributed by atoms with Crippen molar-refractivity contribution in [3.8, 4) is 11.1 Å². The molecule has 1 aliphatic carbocycles. The van der Waals surface area contributed by atoms with Crippen LogP contribution >= 0.6 is 0 Å². The van der Waals surface area contributed by atoms with Crippen LogP contribution in [0.15, 0.2) is 48.5 Å². The fraction of sp³-hybridized carbons (Fsp3) is 0.375. The molecule has 0 bridgehead atoms. The van der Waals surface area contributed by atoms with E-state index in [1.807, 2.05) is 36.4 Å². The van der Waals surface area contributed by atoms with Gasteiger partial charge in [0.2, 0.25) is 5.91 Å². The number of carboxylic acids is 1. The summed E-state index contributed by atoms with van der Waals surface area (Å²) >= 11 is 0. The van der Waals surface area contributed by atoms with Gasteiger partial charge in [0.05, 0.1) is 0 Å². The van der Waals surface area contributed by atoms with E-state index < -0.39 is 30.1 Å². The molecule has 0 aliphatic heterocycles. The maximum Gasteiger partial charge on any atom is 0.407 e. The van der Waals surface area contributed by atoms with Crippen molar-refractivity contribution in [2.75, 3.05) is 27.2 Å². The third-order valence-corrected chi connectivity index (χ3v) is 5.38. The Hall–Kier alpha value is -3.39. The number of carboxylic acid groups (broad SMARTS) is 1. The number of carbonyl (C=O) groups is 3. The van der Waals surface area contributed by atoms with E-state index in [0.717, 1.165) is 22.3 Å². The first-order chi connectivity index (χ1) is 15.3. The molecule has 2 atom stereocenters. The molecule has 1 unspecified atom stereocenters. The molecule has 3 N–H and O–H groups in total. The maximum absolute atomic E-state index is 12.3. The normalized spacial score (nSPS) is 14.2. The molecule has 8 nitrogen and oxygen atoms in total. The van der Waals surface area contributed by atoms with Gasteiger partial charge in [-0.15, -0.1) is 0 Å². The summed E-state index contributed by atoms with van der Waals surface area (Å²) in [5.74, 6) is -1.61. The van der Waals surface area contributed by atoms with Crippen LogP contribution < -0.4 is 10.6 Å². The monoisotopic (exact) mass is 439 g/mol. The first kappa shape index (κ1) is 23.3. The van der Waals surface area contributed by atoms with Crippen LogP contribution in [0.3, 0.4) is 0 Å². The summed E-state index contributed by atoms with van der Waals surface area (Å²) in [6.07, 6.45) is -0.670. The van der Waals surface area contributed by atoms with Gasteiger partial charge >= 0.3 is 12.1 Å². The first-order valence-corrected chi connectivity index (χ1v) is 10.5. The molecule has 32 heavy (non-hydrogen) atoms. The Labute approximate surface area is 187 Å². The Morgan fingerprint density at radius 1 is 1.00 bits per heavy atom. The Bertz CT molecular complexity index is 946. The Kier molecular flexibility index (Phi) is 7.48. The molecule has 0 fully saturated rings. The maximum atomic E-state index is 12.3. The summed E-state index contributed by atoms with van der Waals surface area (Å²) in [6, 6.07) is 14.6. The highest BCUT2D eigenvalue weighted by Gasteiger charge is 2.29. The third-order valence-electron chi connectivity index (χ3n) is 5.38. The quantitative estimate of drug-likeness (QED) is 0.554. The molecule has 0 saturated heterocycles. The zero-order valence-corrected chi connectivity index (χ0v) is 18.5. The molecule has 0 aromatic heterocycles. The zero-order chi connectivity index (χ0) is 23.3. The molecule has 8 heteroatoms. The molecule has 2 aromatic rings. The van der Waals surface area contributed by atoms with Crippen molar-refractivity contribution >= 4 is 18.0 Å². The van der Waals surface area contributed by atoms with Gasteiger partial charge in [0.15, 0.2) is 0 Å². The Balaban J connectivity index is 1.52. The van der Waals surface area contributed by atoms with Gasteiger partial charge in [-0.25, -0.2) is 9.59 Å². The molecule has 0 radical (unpaired) electrons. The minimum absolute atomic E-state index is 0.0471. The van der Waals surface area contributed by atoms with Gasteiger partial charge in [-0.1, -0.05) is 48.5 Å². The fourth-order valence-corrected chi connectivity index (χ4v) is 3.97. The molecule has 2 aromatic carbocycles. The number of benzene rings is 2. The summed E-state index contributed by atoms with van der Waals surface area (Å²) in [5, 5.41) is 14.4. The number of aliphatic carboxylic acids is 1. The number of fused-ring (bicyclic) bond motifs is 3. The van der Waals surface area contributed by atoms with E-state index in [9.17, 15) is 19.5 Å². The second kappa shape index (κ2) is 10.3. The number of hydrogen-bond donors (Lipinski definition) is 3. The highest BCUT2D eigenvalue weighted by Crippen LogP contribution is 2.44. The van der Waals surface area contributed by atoms with Gasteiger partial charge < -0.3 is 25.4 Å². The standard InChI is InChI=1S/C24H29N3O5/c1-15(12-22(28)26-21(23(29)30)13-27(2)3)25-24(31)32-14-20-18-10-6-4-8-16(18)17-9-5-7-11-19(17)20/h4-11,15,20-21H,12-14H2,1-3H3,(H,25,31)(H,26,28)(H,29,30)/t15-,21?/m0/s1. The lowest BCUT2D eigenvalue weighted by atomic mass is 9.98. The summed E-state index contributed by atoms with van der Waals surface area (Å²) in [7, 11) is 3.45. The van der Waals surface area contributed by atoms with E-state index in [1.165, 1.54) is 0 Å². The van der Waals surface area contributed by atoms with E-state index in [-0.39, 0.29) is 25.5 Å². The van der Waals surface area contributed by atoms with Crippen LogP contribution in [-0.4, -0.2) is 67.3 Å². The molecule has 2 amide bonds. The fourth-order valence-electron chi connectivity index (χ4n) is 3.97. The van der Waals surface area contributed by atoms with Gasteiger partial charge in [-0.05, 0) is 43.3 Å². The SMILES string of the molecule is C[C@@H](CC(=O)NC(CN(C)C)C(=O)O)NC(=O)OCC1c2ccccc2-c2ccccc21. The van der Waals surface area contributed by atoms with Crippen LogP contribution in [0.5, 0.6) is 0 Å². The van der Waals surface area contributed by atoms with Crippen LogP contribution in [0.1, 0.15) is 30.4 Å². The number of rotatable bonds is 9. The molecular weight excluding hydrogens is 410 g/mol. The molecule has 1 aliphatic rings. The molecule has 0 saturated carbocycles. The van der Waals surface area contributed by atoms with Crippen molar-refractivity contribution in [3.05, 3.63) is 59.7 Å². The number of nitrogens with zero attached hydrogens (tertiary/aromatic N) is 1. The second-order valence-electron chi connectivity index (χ2n) is 8.30. The second-order valence-corrected chi connectivity index (χ2v) is 8.30. The third kappa shape index (κ3) is 5.64. The number of nitrogens with one attached hydrogen (secondary N) is 2. The van der Waals surface area contributed by atoms with Crippen molar-refractivity contribution in [2.24, 2.45) is 0 Å². The van der Waals surface area contributed by atoms with Gasteiger partial charge in [0, 0.05) is 24.9 Å². The molecular formula is C24H29N3O5. The number of ether oxygens (including phenoxy) is 1. The highest BCUT2D eigenvalue weighted by molar-refractivity contribution is 5.84. The number of carbonyl (C=O) groups excluding carboxylic acids is 2. The zero-order valence-electron chi connectivity index (χ0n) is 18.5. The van der Waals surface area contributed by atoms with Gasteiger partial charge in [0.1, 0.15) is 12.6 Å². The minimum atomic E-state index is -1.11.